The minimum Gasteiger partial charge on any atom is -0.476 e. The van der Waals surface area contributed by atoms with Crippen LogP contribution in [-0.2, 0) is 13.0 Å². The summed E-state index contributed by atoms with van der Waals surface area (Å²) in [5, 5.41) is 17.3. The Morgan fingerprint density at radius 3 is 2.42 bits per heavy atom. The van der Waals surface area contributed by atoms with Crippen LogP contribution in [0.5, 0.6) is 0 Å². The fourth-order valence-corrected chi connectivity index (χ4v) is 2.55. The fraction of sp³-hybridized carbons (Fsp3) is 0.250. The van der Waals surface area contributed by atoms with Gasteiger partial charge in [-0.2, -0.15) is 0 Å². The molecule has 3 aromatic heterocycles. The molecular weight excluding hydrogens is 312 g/mol. The van der Waals surface area contributed by atoms with Crippen LogP contribution in [0, 0.1) is 0 Å². The molecule has 0 aliphatic carbocycles. The van der Waals surface area contributed by atoms with E-state index in [1.807, 2.05) is 16.7 Å². The highest BCUT2D eigenvalue weighted by molar-refractivity contribution is 5.86. The second kappa shape index (κ2) is 6.53. The highest BCUT2D eigenvalue weighted by Gasteiger charge is 2.15. The van der Waals surface area contributed by atoms with E-state index in [0.29, 0.717) is 5.65 Å². The quantitative estimate of drug-likeness (QED) is 0.744. The first kappa shape index (κ1) is 15.7. The first-order chi connectivity index (χ1) is 11.5. The number of pyridine rings is 1. The topological polar surface area (TPSA) is 110 Å². The minimum atomic E-state index is -1.00. The number of nitrogens with zero attached hydrogens (tertiary/aromatic N) is 4. The molecule has 4 rings (SSSR count). The van der Waals surface area contributed by atoms with E-state index in [-0.39, 0.29) is 11.4 Å². The molecule has 124 valence electrons. The molecule has 0 atom stereocenters. The number of rotatable bonds is 2. The standard InChI is InChI=1S/C8H10N2O2.C8H6N2O2/c2*11-8(12)6-5-10-4-2-1-3-7(10)9-6/h5H,1-4H2,(H,11,12);1-5H,(H,11,12). The van der Waals surface area contributed by atoms with Crippen molar-refractivity contribution >= 4 is 17.6 Å². The summed E-state index contributed by atoms with van der Waals surface area (Å²) in [6.45, 7) is 0.912. The highest BCUT2D eigenvalue weighted by atomic mass is 16.4. The van der Waals surface area contributed by atoms with Crippen LogP contribution in [0.3, 0.4) is 0 Å². The Labute approximate surface area is 137 Å². The molecule has 0 fully saturated rings. The van der Waals surface area contributed by atoms with Crippen LogP contribution < -0.4 is 0 Å². The molecule has 0 aromatic carbocycles. The lowest BCUT2D eigenvalue weighted by atomic mass is 10.2. The third kappa shape index (κ3) is 3.27. The molecule has 0 spiro atoms. The zero-order chi connectivity index (χ0) is 17.1. The maximum atomic E-state index is 10.5. The first-order valence-corrected chi connectivity index (χ1v) is 7.51. The Hall–Kier alpha value is -3.16. The lowest BCUT2D eigenvalue weighted by molar-refractivity contribution is 0.0680. The van der Waals surface area contributed by atoms with Crippen molar-refractivity contribution in [2.45, 2.75) is 25.8 Å². The van der Waals surface area contributed by atoms with Gasteiger partial charge in [0.15, 0.2) is 11.4 Å². The molecule has 3 aromatic rings. The van der Waals surface area contributed by atoms with E-state index in [0.717, 1.165) is 31.6 Å². The zero-order valence-electron chi connectivity index (χ0n) is 12.8. The normalized spacial score (nSPS) is 13.0. The number of carboxylic acids is 2. The molecule has 8 heteroatoms. The van der Waals surface area contributed by atoms with Gasteiger partial charge in [0.1, 0.15) is 11.5 Å². The SMILES string of the molecule is O=C(O)c1cn2c(n1)CCCC2.O=C(O)c1cn2ccccc2n1. The van der Waals surface area contributed by atoms with Gasteiger partial charge >= 0.3 is 11.9 Å². The van der Waals surface area contributed by atoms with Crippen molar-refractivity contribution in [2.24, 2.45) is 0 Å². The maximum Gasteiger partial charge on any atom is 0.356 e. The Morgan fingerprint density at radius 1 is 1.00 bits per heavy atom. The van der Waals surface area contributed by atoms with Crippen molar-refractivity contribution in [3.63, 3.8) is 0 Å². The Bertz CT molecular complexity index is 840. The number of carboxylic acid groups (broad SMARTS) is 2. The van der Waals surface area contributed by atoms with Crippen molar-refractivity contribution in [3.05, 3.63) is 54.0 Å². The van der Waals surface area contributed by atoms with Crippen LogP contribution in [-0.4, -0.2) is 41.1 Å². The van der Waals surface area contributed by atoms with Crippen molar-refractivity contribution in [2.75, 3.05) is 0 Å². The summed E-state index contributed by atoms with van der Waals surface area (Å²) in [7, 11) is 0. The summed E-state index contributed by atoms with van der Waals surface area (Å²) in [4.78, 5) is 28.9. The highest BCUT2D eigenvalue weighted by Crippen LogP contribution is 2.14. The van der Waals surface area contributed by atoms with Crippen molar-refractivity contribution < 1.29 is 19.8 Å². The third-order valence-corrected chi connectivity index (χ3v) is 3.71. The second-order valence-electron chi connectivity index (χ2n) is 5.40. The minimum absolute atomic E-state index is 0.0706. The van der Waals surface area contributed by atoms with Gasteiger partial charge in [-0.1, -0.05) is 6.07 Å². The van der Waals surface area contributed by atoms with Gasteiger partial charge in [-0.25, -0.2) is 19.6 Å². The molecule has 24 heavy (non-hydrogen) atoms. The van der Waals surface area contributed by atoms with Crippen molar-refractivity contribution in [3.8, 4) is 0 Å². The van der Waals surface area contributed by atoms with E-state index in [2.05, 4.69) is 9.97 Å². The largest absolute Gasteiger partial charge is 0.476 e. The fourth-order valence-electron chi connectivity index (χ4n) is 2.55. The van der Waals surface area contributed by atoms with Crippen molar-refractivity contribution in [1.82, 2.24) is 18.9 Å². The van der Waals surface area contributed by atoms with Crippen molar-refractivity contribution in [1.29, 1.82) is 0 Å². The monoisotopic (exact) mass is 328 g/mol. The summed E-state index contributed by atoms with van der Waals surface area (Å²) in [5.41, 5.74) is 0.892. The van der Waals surface area contributed by atoms with Gasteiger partial charge in [0.2, 0.25) is 0 Å². The van der Waals surface area contributed by atoms with Gasteiger partial charge in [0.25, 0.3) is 0 Å². The predicted octanol–water partition coefficient (Wildman–Crippen LogP) is 1.95. The lowest BCUT2D eigenvalue weighted by Gasteiger charge is -2.11. The number of aromatic carboxylic acids is 2. The van der Waals surface area contributed by atoms with Crippen LogP contribution in [0.1, 0.15) is 39.6 Å². The molecular formula is C16H16N4O4. The van der Waals surface area contributed by atoms with Gasteiger partial charge in [-0.15, -0.1) is 0 Å². The lowest BCUT2D eigenvalue weighted by Crippen LogP contribution is -2.08. The van der Waals surface area contributed by atoms with Crippen LogP contribution >= 0.6 is 0 Å². The summed E-state index contributed by atoms with van der Waals surface area (Å²) >= 11 is 0. The van der Waals surface area contributed by atoms with Crippen LogP contribution in [0.4, 0.5) is 0 Å². The average Bonchev–Trinajstić information content (AvgIpc) is 3.19. The first-order valence-electron chi connectivity index (χ1n) is 7.51. The molecule has 0 saturated heterocycles. The molecule has 0 unspecified atom stereocenters. The molecule has 0 amide bonds. The Morgan fingerprint density at radius 2 is 1.75 bits per heavy atom. The van der Waals surface area contributed by atoms with E-state index in [9.17, 15) is 9.59 Å². The van der Waals surface area contributed by atoms with Crippen LogP contribution in [0.25, 0.3) is 5.65 Å². The van der Waals surface area contributed by atoms with Gasteiger partial charge < -0.3 is 19.2 Å². The smallest absolute Gasteiger partial charge is 0.356 e. The van der Waals surface area contributed by atoms with E-state index >= 15 is 0 Å². The maximum absolute atomic E-state index is 10.5. The van der Waals surface area contributed by atoms with E-state index in [1.165, 1.54) is 6.20 Å². The average molecular weight is 328 g/mol. The molecule has 8 nitrogen and oxygen atoms in total. The molecule has 0 bridgehead atoms. The van der Waals surface area contributed by atoms with E-state index in [4.69, 9.17) is 10.2 Å². The molecule has 4 heterocycles. The second-order valence-corrected chi connectivity index (χ2v) is 5.40. The summed E-state index contributed by atoms with van der Waals surface area (Å²) in [6.07, 6.45) is 8.02. The molecule has 0 radical (unpaired) electrons. The molecule has 2 N–H and O–H groups in total. The number of fused-ring (bicyclic) bond motifs is 2. The number of hydrogen-bond donors (Lipinski definition) is 2. The summed E-state index contributed by atoms with van der Waals surface area (Å²) in [6, 6.07) is 5.39. The van der Waals surface area contributed by atoms with Gasteiger partial charge in [0, 0.05) is 31.6 Å². The van der Waals surface area contributed by atoms with Gasteiger partial charge in [-0.05, 0) is 25.0 Å². The van der Waals surface area contributed by atoms with Crippen LogP contribution in [0.15, 0.2) is 36.8 Å². The van der Waals surface area contributed by atoms with Gasteiger partial charge in [0.05, 0.1) is 0 Å². The number of aromatic nitrogens is 4. The van der Waals surface area contributed by atoms with Crippen LogP contribution in [0.2, 0.25) is 0 Å². The Balaban J connectivity index is 0.000000141. The van der Waals surface area contributed by atoms with Gasteiger partial charge in [-0.3, -0.25) is 0 Å². The number of carbonyl (C=O) groups is 2. The molecule has 1 aliphatic heterocycles. The predicted molar refractivity (Wildman–Crippen MR) is 84.3 cm³/mol. The number of hydrogen-bond acceptors (Lipinski definition) is 4. The summed E-state index contributed by atoms with van der Waals surface area (Å²) in [5.74, 6) is -1.02. The Kier molecular flexibility index (Phi) is 4.28. The van der Waals surface area contributed by atoms with E-state index in [1.54, 1.807) is 22.9 Å². The summed E-state index contributed by atoms with van der Waals surface area (Å²) < 4.78 is 3.61. The molecule has 0 saturated carbocycles. The van der Waals surface area contributed by atoms with E-state index < -0.39 is 11.9 Å². The number of imidazole rings is 2. The zero-order valence-corrected chi connectivity index (χ0v) is 12.8. The third-order valence-electron chi connectivity index (χ3n) is 3.71. The molecule has 1 aliphatic rings. The number of aryl methyl sites for hydroxylation is 2.